The summed E-state index contributed by atoms with van der Waals surface area (Å²) in [6, 6.07) is 5.30. The molecule has 0 bridgehead atoms. The highest BCUT2D eigenvalue weighted by molar-refractivity contribution is 5.87. The van der Waals surface area contributed by atoms with E-state index in [1.807, 2.05) is 0 Å². The van der Waals surface area contributed by atoms with Gasteiger partial charge >= 0.3 is 6.18 Å². The van der Waals surface area contributed by atoms with Crippen molar-refractivity contribution in [3.8, 4) is 0 Å². The van der Waals surface area contributed by atoms with Crippen molar-refractivity contribution < 1.29 is 18.0 Å². The van der Waals surface area contributed by atoms with Gasteiger partial charge in [-0.3, -0.25) is 9.69 Å². The standard InChI is InChI=1S/C16H19F3N2O/c1-2-15(22)21-11-9-20(10-12-21)8-7-13-3-5-14(6-4-13)16(17,18)19/h2-6H,1,7-12H2. The van der Waals surface area contributed by atoms with Crippen LogP contribution in [0.25, 0.3) is 0 Å². The Kier molecular flexibility index (Phi) is 5.24. The van der Waals surface area contributed by atoms with E-state index in [-0.39, 0.29) is 5.91 Å². The van der Waals surface area contributed by atoms with Gasteiger partial charge in [0.05, 0.1) is 5.56 Å². The molecular weight excluding hydrogens is 293 g/mol. The number of hydrogen-bond donors (Lipinski definition) is 0. The fourth-order valence-electron chi connectivity index (χ4n) is 2.47. The molecule has 1 aliphatic rings. The molecule has 1 amide bonds. The molecule has 22 heavy (non-hydrogen) atoms. The van der Waals surface area contributed by atoms with Crippen LogP contribution in [0.2, 0.25) is 0 Å². The van der Waals surface area contributed by atoms with E-state index < -0.39 is 11.7 Å². The fourth-order valence-corrected chi connectivity index (χ4v) is 2.47. The van der Waals surface area contributed by atoms with Crippen LogP contribution in [0.1, 0.15) is 11.1 Å². The van der Waals surface area contributed by atoms with Crippen LogP contribution in [0, 0.1) is 0 Å². The molecular formula is C16H19F3N2O. The number of piperazine rings is 1. The summed E-state index contributed by atoms with van der Waals surface area (Å²) in [4.78, 5) is 15.4. The molecule has 120 valence electrons. The molecule has 2 rings (SSSR count). The first-order valence-electron chi connectivity index (χ1n) is 7.20. The van der Waals surface area contributed by atoms with Gasteiger partial charge in [-0.1, -0.05) is 18.7 Å². The molecule has 1 aliphatic heterocycles. The van der Waals surface area contributed by atoms with Gasteiger partial charge in [-0.15, -0.1) is 0 Å². The number of benzene rings is 1. The molecule has 1 aromatic rings. The number of rotatable bonds is 4. The summed E-state index contributed by atoms with van der Waals surface area (Å²) < 4.78 is 37.4. The molecule has 0 atom stereocenters. The molecule has 1 heterocycles. The molecule has 1 aromatic carbocycles. The SMILES string of the molecule is C=CC(=O)N1CCN(CCc2ccc(C(F)(F)F)cc2)CC1. The van der Waals surface area contributed by atoms with E-state index in [1.54, 1.807) is 4.90 Å². The number of halogens is 3. The van der Waals surface area contributed by atoms with Crippen molar-refractivity contribution >= 4 is 5.91 Å². The second-order valence-electron chi connectivity index (χ2n) is 5.32. The summed E-state index contributed by atoms with van der Waals surface area (Å²) in [7, 11) is 0. The lowest BCUT2D eigenvalue weighted by atomic mass is 10.1. The molecule has 0 aromatic heterocycles. The topological polar surface area (TPSA) is 23.6 Å². The molecule has 3 nitrogen and oxygen atoms in total. The number of alkyl halides is 3. The Morgan fingerprint density at radius 3 is 2.23 bits per heavy atom. The van der Waals surface area contributed by atoms with Gasteiger partial charge < -0.3 is 4.90 Å². The van der Waals surface area contributed by atoms with Crippen LogP contribution < -0.4 is 0 Å². The zero-order chi connectivity index (χ0) is 16.2. The molecule has 0 unspecified atom stereocenters. The summed E-state index contributed by atoms with van der Waals surface area (Å²) in [6.45, 7) is 7.13. The van der Waals surface area contributed by atoms with E-state index in [0.29, 0.717) is 19.5 Å². The second-order valence-corrected chi connectivity index (χ2v) is 5.32. The Morgan fingerprint density at radius 1 is 1.14 bits per heavy atom. The van der Waals surface area contributed by atoms with Crippen LogP contribution in [-0.2, 0) is 17.4 Å². The van der Waals surface area contributed by atoms with Gasteiger partial charge in [-0.2, -0.15) is 13.2 Å². The van der Waals surface area contributed by atoms with Crippen LogP contribution in [-0.4, -0.2) is 48.4 Å². The third-order valence-electron chi connectivity index (χ3n) is 3.86. The molecule has 0 aliphatic carbocycles. The highest BCUT2D eigenvalue weighted by atomic mass is 19.4. The molecule has 0 N–H and O–H groups in total. The molecule has 1 fully saturated rings. The number of nitrogens with zero attached hydrogens (tertiary/aromatic N) is 2. The van der Waals surface area contributed by atoms with Gasteiger partial charge in [0.25, 0.3) is 0 Å². The van der Waals surface area contributed by atoms with Crippen LogP contribution in [0.15, 0.2) is 36.9 Å². The monoisotopic (exact) mass is 312 g/mol. The lowest BCUT2D eigenvalue weighted by Crippen LogP contribution is -2.48. The Balaban J connectivity index is 1.79. The minimum Gasteiger partial charge on any atom is -0.337 e. The quantitative estimate of drug-likeness (QED) is 0.798. The van der Waals surface area contributed by atoms with Crippen LogP contribution in [0.5, 0.6) is 0 Å². The van der Waals surface area contributed by atoms with E-state index >= 15 is 0 Å². The normalized spacial score (nSPS) is 16.6. The van der Waals surface area contributed by atoms with Gasteiger partial charge in [0.2, 0.25) is 5.91 Å². The maximum Gasteiger partial charge on any atom is 0.416 e. The van der Waals surface area contributed by atoms with Crippen molar-refractivity contribution in [2.45, 2.75) is 12.6 Å². The molecule has 0 saturated carbocycles. The number of carbonyl (C=O) groups is 1. The summed E-state index contributed by atoms with van der Waals surface area (Å²) in [5.74, 6) is -0.0533. The maximum absolute atomic E-state index is 12.5. The largest absolute Gasteiger partial charge is 0.416 e. The number of carbonyl (C=O) groups excluding carboxylic acids is 1. The Morgan fingerprint density at radius 2 is 1.73 bits per heavy atom. The highest BCUT2D eigenvalue weighted by Gasteiger charge is 2.29. The van der Waals surface area contributed by atoms with Crippen LogP contribution in [0.3, 0.4) is 0 Å². The fraction of sp³-hybridized carbons (Fsp3) is 0.438. The van der Waals surface area contributed by atoms with E-state index in [2.05, 4.69) is 11.5 Å². The average molecular weight is 312 g/mol. The Hall–Kier alpha value is -1.82. The summed E-state index contributed by atoms with van der Waals surface area (Å²) in [5.41, 5.74) is 0.269. The highest BCUT2D eigenvalue weighted by Crippen LogP contribution is 2.29. The first-order chi connectivity index (χ1) is 10.4. The lowest BCUT2D eigenvalue weighted by Gasteiger charge is -2.34. The predicted molar refractivity (Wildman–Crippen MR) is 78.4 cm³/mol. The molecule has 0 spiro atoms. The first kappa shape index (κ1) is 16.5. The first-order valence-corrected chi connectivity index (χ1v) is 7.20. The maximum atomic E-state index is 12.5. The number of hydrogen-bond acceptors (Lipinski definition) is 2. The van der Waals surface area contributed by atoms with Crippen molar-refractivity contribution in [1.82, 2.24) is 9.80 Å². The van der Waals surface area contributed by atoms with Gasteiger partial charge in [-0.25, -0.2) is 0 Å². The average Bonchev–Trinajstić information content (AvgIpc) is 2.52. The van der Waals surface area contributed by atoms with Gasteiger partial charge in [0, 0.05) is 32.7 Å². The molecule has 0 radical (unpaired) electrons. The van der Waals surface area contributed by atoms with Crippen molar-refractivity contribution in [3.63, 3.8) is 0 Å². The van der Waals surface area contributed by atoms with E-state index in [0.717, 1.165) is 37.3 Å². The molecule has 1 saturated heterocycles. The van der Waals surface area contributed by atoms with Crippen molar-refractivity contribution in [3.05, 3.63) is 48.0 Å². The third kappa shape index (κ3) is 4.34. The Labute approximate surface area is 128 Å². The van der Waals surface area contributed by atoms with Crippen molar-refractivity contribution in [2.75, 3.05) is 32.7 Å². The predicted octanol–water partition coefficient (Wildman–Crippen LogP) is 2.58. The summed E-state index contributed by atoms with van der Waals surface area (Å²) >= 11 is 0. The van der Waals surface area contributed by atoms with Crippen molar-refractivity contribution in [1.29, 1.82) is 0 Å². The van der Waals surface area contributed by atoms with Gasteiger partial charge in [-0.05, 0) is 30.2 Å². The zero-order valence-corrected chi connectivity index (χ0v) is 12.3. The Bertz CT molecular complexity index is 517. The minimum atomic E-state index is -4.29. The zero-order valence-electron chi connectivity index (χ0n) is 12.3. The molecule has 6 heteroatoms. The van der Waals surface area contributed by atoms with Crippen molar-refractivity contribution in [2.24, 2.45) is 0 Å². The van der Waals surface area contributed by atoms with E-state index in [4.69, 9.17) is 0 Å². The minimum absolute atomic E-state index is 0.0533. The van der Waals surface area contributed by atoms with Gasteiger partial charge in [0.1, 0.15) is 0 Å². The number of amides is 1. The van der Waals surface area contributed by atoms with E-state index in [1.165, 1.54) is 18.2 Å². The smallest absolute Gasteiger partial charge is 0.337 e. The van der Waals surface area contributed by atoms with Gasteiger partial charge in [0.15, 0.2) is 0 Å². The van der Waals surface area contributed by atoms with Crippen LogP contribution >= 0.6 is 0 Å². The van der Waals surface area contributed by atoms with Crippen LogP contribution in [0.4, 0.5) is 13.2 Å². The lowest BCUT2D eigenvalue weighted by molar-refractivity contribution is -0.137. The van der Waals surface area contributed by atoms with E-state index in [9.17, 15) is 18.0 Å². The second kappa shape index (κ2) is 6.96. The third-order valence-corrected chi connectivity index (χ3v) is 3.86. The summed E-state index contributed by atoms with van der Waals surface area (Å²) in [5, 5.41) is 0. The summed E-state index contributed by atoms with van der Waals surface area (Å²) in [6.07, 6.45) is -2.27.